The Morgan fingerprint density at radius 2 is 0.737 bits per heavy atom. The number of rotatable bonds is 4. The number of hydrogen-bond donors (Lipinski definition) is 2. The summed E-state index contributed by atoms with van der Waals surface area (Å²) in [4.78, 5) is 5.12. The molecule has 1 aliphatic rings. The molecule has 1 fully saturated rings. The molecule has 0 radical (unpaired) electrons. The Hall–Kier alpha value is -2.04. The Bertz CT molecular complexity index is 1040. The summed E-state index contributed by atoms with van der Waals surface area (Å²) in [6.07, 6.45) is 0. The molecule has 0 saturated carbocycles. The predicted molar refractivity (Wildman–Crippen MR) is 162 cm³/mol. The zero-order valence-electron chi connectivity index (χ0n) is 26.3. The van der Waals surface area contributed by atoms with Crippen LogP contribution in [0.4, 0.5) is 0 Å². The van der Waals surface area contributed by atoms with Crippen molar-refractivity contribution < 1.29 is 10.2 Å². The van der Waals surface area contributed by atoms with Crippen molar-refractivity contribution in [3.05, 3.63) is 57.6 Å². The molecule has 1 saturated heterocycles. The van der Waals surface area contributed by atoms with Gasteiger partial charge < -0.3 is 10.2 Å². The van der Waals surface area contributed by atoms with Crippen molar-refractivity contribution in [2.45, 2.75) is 118 Å². The molecule has 0 aromatic heterocycles. The van der Waals surface area contributed by atoms with E-state index in [0.717, 1.165) is 50.4 Å². The van der Waals surface area contributed by atoms with Crippen LogP contribution in [-0.2, 0) is 34.7 Å². The van der Waals surface area contributed by atoms with E-state index in [9.17, 15) is 10.2 Å². The van der Waals surface area contributed by atoms with Crippen LogP contribution in [0.5, 0.6) is 11.5 Å². The summed E-state index contributed by atoms with van der Waals surface area (Å²) in [7, 11) is 0. The second-order valence-electron chi connectivity index (χ2n) is 15.6. The van der Waals surface area contributed by atoms with E-state index in [1.165, 1.54) is 22.3 Å². The van der Waals surface area contributed by atoms with Crippen molar-refractivity contribution in [2.24, 2.45) is 0 Å². The molecule has 2 aromatic rings. The molecule has 1 aliphatic heterocycles. The van der Waals surface area contributed by atoms with Gasteiger partial charge in [0.2, 0.25) is 0 Å². The van der Waals surface area contributed by atoms with Gasteiger partial charge in [-0.2, -0.15) is 0 Å². The highest BCUT2D eigenvalue weighted by atomic mass is 16.3. The van der Waals surface area contributed by atoms with E-state index in [4.69, 9.17) is 0 Å². The zero-order chi connectivity index (χ0) is 28.8. The van der Waals surface area contributed by atoms with Crippen LogP contribution < -0.4 is 0 Å². The van der Waals surface area contributed by atoms with Gasteiger partial charge in [-0.1, -0.05) is 83.1 Å². The lowest BCUT2D eigenvalue weighted by molar-refractivity contribution is 0.121. The number of phenols is 2. The lowest BCUT2D eigenvalue weighted by Crippen LogP contribution is -2.45. The van der Waals surface area contributed by atoms with Gasteiger partial charge in [-0.3, -0.25) is 9.80 Å². The first-order valence-electron chi connectivity index (χ1n) is 14.4. The molecular formula is C34H54N2O2. The van der Waals surface area contributed by atoms with Crippen LogP contribution in [0.25, 0.3) is 0 Å². The SMILES string of the molecule is CC(C)(C)c1cc(CN2CCN(Cc3cc(C(C)(C)C)c(O)cc3C(C)(C)C)CC2)c(C(C)(C)C)cc1O. The van der Waals surface area contributed by atoms with E-state index in [1.807, 2.05) is 12.1 Å². The van der Waals surface area contributed by atoms with Gasteiger partial charge in [-0.15, -0.1) is 0 Å². The van der Waals surface area contributed by atoms with E-state index in [0.29, 0.717) is 11.5 Å². The minimum absolute atomic E-state index is 0.0297. The first kappa shape index (κ1) is 30.5. The summed E-state index contributed by atoms with van der Waals surface area (Å²) in [5.41, 5.74) is 6.92. The van der Waals surface area contributed by atoms with E-state index in [2.05, 4.69) is 105 Å². The highest BCUT2D eigenvalue weighted by Crippen LogP contribution is 2.39. The first-order chi connectivity index (χ1) is 17.2. The fourth-order valence-corrected chi connectivity index (χ4v) is 5.71. The largest absolute Gasteiger partial charge is 0.508 e. The third-order valence-electron chi connectivity index (χ3n) is 7.93. The van der Waals surface area contributed by atoms with Crippen molar-refractivity contribution in [1.82, 2.24) is 9.80 Å². The third kappa shape index (κ3) is 7.12. The molecule has 38 heavy (non-hydrogen) atoms. The molecule has 2 N–H and O–H groups in total. The molecule has 2 aromatic carbocycles. The van der Waals surface area contributed by atoms with Crippen molar-refractivity contribution in [1.29, 1.82) is 0 Å². The van der Waals surface area contributed by atoms with Crippen LogP contribution in [-0.4, -0.2) is 46.2 Å². The second-order valence-corrected chi connectivity index (χ2v) is 15.6. The van der Waals surface area contributed by atoms with Gasteiger partial charge in [-0.25, -0.2) is 0 Å². The van der Waals surface area contributed by atoms with E-state index >= 15 is 0 Å². The van der Waals surface area contributed by atoms with Gasteiger partial charge in [0.25, 0.3) is 0 Å². The Labute approximate surface area is 233 Å². The molecular weight excluding hydrogens is 468 g/mol. The first-order valence-corrected chi connectivity index (χ1v) is 14.4. The summed E-state index contributed by atoms with van der Waals surface area (Å²) >= 11 is 0. The van der Waals surface area contributed by atoms with E-state index in [1.54, 1.807) is 0 Å². The molecule has 0 amide bonds. The van der Waals surface area contributed by atoms with E-state index < -0.39 is 0 Å². The molecule has 3 rings (SSSR count). The van der Waals surface area contributed by atoms with Crippen molar-refractivity contribution in [2.75, 3.05) is 26.2 Å². The van der Waals surface area contributed by atoms with Gasteiger partial charge in [-0.05, 0) is 79.3 Å². The molecule has 0 bridgehead atoms. The van der Waals surface area contributed by atoms with Crippen molar-refractivity contribution >= 4 is 0 Å². The average molecular weight is 523 g/mol. The zero-order valence-corrected chi connectivity index (χ0v) is 26.3. The average Bonchev–Trinajstić information content (AvgIpc) is 2.74. The summed E-state index contributed by atoms with van der Waals surface area (Å²) in [5.74, 6) is 0.823. The van der Waals surface area contributed by atoms with Gasteiger partial charge in [0, 0.05) is 39.3 Å². The fourth-order valence-electron chi connectivity index (χ4n) is 5.71. The molecule has 4 heteroatoms. The second kappa shape index (κ2) is 10.5. The molecule has 0 aliphatic carbocycles. The number of benzene rings is 2. The molecule has 0 spiro atoms. The quantitative estimate of drug-likeness (QED) is 0.434. The van der Waals surface area contributed by atoms with Crippen LogP contribution in [0.1, 0.15) is 116 Å². The number of hydrogen-bond acceptors (Lipinski definition) is 4. The lowest BCUT2D eigenvalue weighted by Gasteiger charge is -2.37. The summed E-state index contributed by atoms with van der Waals surface area (Å²) in [5, 5.41) is 21.7. The van der Waals surface area contributed by atoms with Crippen molar-refractivity contribution in [3.8, 4) is 11.5 Å². The smallest absolute Gasteiger partial charge is 0.119 e. The van der Waals surface area contributed by atoms with Crippen LogP contribution in [0.2, 0.25) is 0 Å². The van der Waals surface area contributed by atoms with Crippen LogP contribution in [0.3, 0.4) is 0 Å². The Kier molecular flexibility index (Phi) is 8.43. The number of piperazine rings is 1. The van der Waals surface area contributed by atoms with Gasteiger partial charge in [0.1, 0.15) is 11.5 Å². The van der Waals surface area contributed by atoms with Crippen LogP contribution in [0, 0.1) is 0 Å². The number of phenolic OH excluding ortho intramolecular Hbond substituents is 2. The fraction of sp³-hybridized carbons (Fsp3) is 0.647. The maximum absolute atomic E-state index is 10.8. The Morgan fingerprint density at radius 1 is 0.474 bits per heavy atom. The van der Waals surface area contributed by atoms with Gasteiger partial charge >= 0.3 is 0 Å². The maximum atomic E-state index is 10.8. The topological polar surface area (TPSA) is 46.9 Å². The molecule has 4 nitrogen and oxygen atoms in total. The summed E-state index contributed by atoms with van der Waals surface area (Å²) in [6, 6.07) is 8.53. The normalized spacial score (nSPS) is 16.7. The minimum atomic E-state index is -0.102. The van der Waals surface area contributed by atoms with E-state index in [-0.39, 0.29) is 21.7 Å². The predicted octanol–water partition coefficient (Wildman–Crippen LogP) is 7.61. The van der Waals surface area contributed by atoms with Gasteiger partial charge in [0.15, 0.2) is 0 Å². The molecule has 212 valence electrons. The third-order valence-corrected chi connectivity index (χ3v) is 7.93. The Morgan fingerprint density at radius 3 is 0.974 bits per heavy atom. The van der Waals surface area contributed by atoms with Crippen LogP contribution >= 0.6 is 0 Å². The standard InChI is InChI=1S/C34H54N2O2/c1-31(2,3)25-19-29(37)27(33(7,8)9)17-23(25)21-35-13-15-36(16-14-35)22-24-18-28(34(10,11)12)30(38)20-26(24)32(4,5)6/h17-20,37-38H,13-16,21-22H2,1-12H3. The summed E-state index contributed by atoms with van der Waals surface area (Å²) < 4.78 is 0. The molecule has 0 atom stereocenters. The Balaban J connectivity index is 1.81. The molecule has 1 heterocycles. The minimum Gasteiger partial charge on any atom is -0.508 e. The number of aromatic hydroxyl groups is 2. The summed E-state index contributed by atoms with van der Waals surface area (Å²) in [6.45, 7) is 32.3. The highest BCUT2D eigenvalue weighted by molar-refractivity contribution is 5.48. The molecule has 0 unspecified atom stereocenters. The lowest BCUT2D eigenvalue weighted by atomic mass is 9.78. The van der Waals surface area contributed by atoms with Crippen molar-refractivity contribution in [3.63, 3.8) is 0 Å². The maximum Gasteiger partial charge on any atom is 0.119 e. The highest BCUT2D eigenvalue weighted by Gasteiger charge is 2.29. The van der Waals surface area contributed by atoms with Gasteiger partial charge in [0.05, 0.1) is 0 Å². The monoisotopic (exact) mass is 522 g/mol. The van der Waals surface area contributed by atoms with Crippen LogP contribution in [0.15, 0.2) is 24.3 Å². The number of nitrogens with zero attached hydrogens (tertiary/aromatic N) is 2.